The standard InChI is InChI=1S/C13H11BrN4/c14-11-2-1-3-12(10(11)8-15)18-7-6-17-5-4-16-13(17)9-18/h1-5H,6-7,9H2. The zero-order valence-electron chi connectivity index (χ0n) is 9.67. The predicted octanol–water partition coefficient (Wildman–Crippen LogP) is 2.54. The summed E-state index contributed by atoms with van der Waals surface area (Å²) < 4.78 is 3.00. The summed E-state index contributed by atoms with van der Waals surface area (Å²) in [5.74, 6) is 1.05. The Morgan fingerprint density at radius 3 is 3.06 bits per heavy atom. The molecule has 90 valence electrons. The SMILES string of the molecule is N#Cc1c(Br)cccc1N1CCn2ccnc2C1. The summed E-state index contributed by atoms with van der Waals surface area (Å²) in [7, 11) is 0. The molecule has 0 atom stereocenters. The number of aromatic nitrogens is 2. The Kier molecular flexibility index (Phi) is 2.80. The van der Waals surface area contributed by atoms with E-state index in [1.807, 2.05) is 30.6 Å². The summed E-state index contributed by atoms with van der Waals surface area (Å²) in [6.45, 7) is 2.55. The second kappa shape index (κ2) is 4.46. The fraction of sp³-hybridized carbons (Fsp3) is 0.231. The third-order valence-corrected chi connectivity index (χ3v) is 3.85. The lowest BCUT2D eigenvalue weighted by atomic mass is 10.1. The van der Waals surface area contributed by atoms with Crippen molar-refractivity contribution in [3.05, 3.63) is 46.5 Å². The second-order valence-corrected chi connectivity index (χ2v) is 5.06. The number of halogens is 1. The molecule has 0 unspecified atom stereocenters. The molecule has 0 saturated heterocycles. The first-order valence-electron chi connectivity index (χ1n) is 5.73. The van der Waals surface area contributed by atoms with Crippen LogP contribution in [0.2, 0.25) is 0 Å². The number of hydrogen-bond donors (Lipinski definition) is 0. The van der Waals surface area contributed by atoms with Crippen LogP contribution >= 0.6 is 15.9 Å². The minimum absolute atomic E-state index is 0.692. The quantitative estimate of drug-likeness (QED) is 0.813. The van der Waals surface area contributed by atoms with Crippen LogP contribution in [0.3, 0.4) is 0 Å². The lowest BCUT2D eigenvalue weighted by Crippen LogP contribution is -2.34. The summed E-state index contributed by atoms with van der Waals surface area (Å²) in [6, 6.07) is 8.11. The van der Waals surface area contributed by atoms with Gasteiger partial charge in [0, 0.05) is 30.0 Å². The molecule has 0 spiro atoms. The highest BCUT2D eigenvalue weighted by molar-refractivity contribution is 9.10. The Balaban J connectivity index is 1.99. The van der Waals surface area contributed by atoms with Gasteiger partial charge in [0.15, 0.2) is 0 Å². The molecule has 0 fully saturated rings. The van der Waals surface area contributed by atoms with Gasteiger partial charge in [0.1, 0.15) is 11.9 Å². The first-order valence-corrected chi connectivity index (χ1v) is 6.52. The normalized spacial score (nSPS) is 14.1. The van der Waals surface area contributed by atoms with E-state index >= 15 is 0 Å². The molecule has 0 bridgehead atoms. The van der Waals surface area contributed by atoms with Crippen LogP contribution < -0.4 is 4.90 Å². The Morgan fingerprint density at radius 2 is 2.22 bits per heavy atom. The number of rotatable bonds is 1. The maximum absolute atomic E-state index is 9.26. The topological polar surface area (TPSA) is 44.9 Å². The molecule has 0 amide bonds. The van der Waals surface area contributed by atoms with Crippen molar-refractivity contribution in [1.82, 2.24) is 9.55 Å². The van der Waals surface area contributed by atoms with Crippen LogP contribution in [-0.2, 0) is 13.1 Å². The molecule has 0 aliphatic carbocycles. The summed E-state index contributed by atoms with van der Waals surface area (Å²) in [5, 5.41) is 9.26. The van der Waals surface area contributed by atoms with Crippen molar-refractivity contribution in [2.45, 2.75) is 13.1 Å². The Morgan fingerprint density at radius 1 is 1.33 bits per heavy atom. The molecular formula is C13H11BrN4. The van der Waals surface area contributed by atoms with Gasteiger partial charge in [-0.05, 0) is 28.1 Å². The number of imidazole rings is 1. The van der Waals surface area contributed by atoms with Gasteiger partial charge in [0.05, 0.1) is 17.8 Å². The molecule has 5 heteroatoms. The van der Waals surface area contributed by atoms with Crippen LogP contribution in [0.1, 0.15) is 11.4 Å². The third-order valence-electron chi connectivity index (χ3n) is 3.19. The van der Waals surface area contributed by atoms with Gasteiger partial charge in [0.25, 0.3) is 0 Å². The van der Waals surface area contributed by atoms with Gasteiger partial charge in [-0.25, -0.2) is 4.98 Å². The van der Waals surface area contributed by atoms with Gasteiger partial charge in [-0.2, -0.15) is 5.26 Å². The minimum Gasteiger partial charge on any atom is -0.361 e. The first kappa shape index (κ1) is 11.3. The van der Waals surface area contributed by atoms with E-state index in [2.05, 4.69) is 36.5 Å². The van der Waals surface area contributed by atoms with Crippen molar-refractivity contribution in [2.75, 3.05) is 11.4 Å². The average Bonchev–Trinajstić information content (AvgIpc) is 2.85. The smallest absolute Gasteiger partial charge is 0.128 e. The van der Waals surface area contributed by atoms with Crippen LogP contribution in [0.25, 0.3) is 0 Å². The molecule has 2 heterocycles. The van der Waals surface area contributed by atoms with Crippen molar-refractivity contribution in [3.63, 3.8) is 0 Å². The molecule has 18 heavy (non-hydrogen) atoms. The fourth-order valence-electron chi connectivity index (χ4n) is 2.27. The lowest BCUT2D eigenvalue weighted by Gasteiger charge is -2.30. The van der Waals surface area contributed by atoms with E-state index < -0.39 is 0 Å². The van der Waals surface area contributed by atoms with Crippen molar-refractivity contribution in [3.8, 4) is 6.07 Å². The monoisotopic (exact) mass is 302 g/mol. The van der Waals surface area contributed by atoms with E-state index in [1.165, 1.54) is 0 Å². The van der Waals surface area contributed by atoms with Crippen molar-refractivity contribution in [2.24, 2.45) is 0 Å². The highest BCUT2D eigenvalue weighted by Gasteiger charge is 2.19. The van der Waals surface area contributed by atoms with E-state index in [4.69, 9.17) is 0 Å². The van der Waals surface area contributed by atoms with E-state index in [-0.39, 0.29) is 0 Å². The van der Waals surface area contributed by atoms with E-state index in [9.17, 15) is 5.26 Å². The Hall–Kier alpha value is -1.80. The predicted molar refractivity (Wildman–Crippen MR) is 72.1 cm³/mol. The minimum atomic E-state index is 0.692. The molecule has 0 saturated carbocycles. The zero-order chi connectivity index (χ0) is 12.5. The van der Waals surface area contributed by atoms with Crippen molar-refractivity contribution >= 4 is 21.6 Å². The number of nitriles is 1. The van der Waals surface area contributed by atoms with Gasteiger partial charge in [-0.3, -0.25) is 0 Å². The first-order chi connectivity index (χ1) is 8.79. The van der Waals surface area contributed by atoms with Crippen LogP contribution in [-0.4, -0.2) is 16.1 Å². The number of benzene rings is 1. The Bertz CT molecular complexity index is 626. The molecule has 1 aromatic carbocycles. The molecule has 4 nitrogen and oxygen atoms in total. The van der Waals surface area contributed by atoms with Gasteiger partial charge >= 0.3 is 0 Å². The van der Waals surface area contributed by atoms with Crippen LogP contribution in [0.4, 0.5) is 5.69 Å². The second-order valence-electron chi connectivity index (χ2n) is 4.20. The molecule has 0 radical (unpaired) electrons. The van der Waals surface area contributed by atoms with E-state index in [1.54, 1.807) is 0 Å². The molecule has 3 rings (SSSR count). The highest BCUT2D eigenvalue weighted by Crippen LogP contribution is 2.29. The molecule has 2 aromatic rings. The molecule has 0 N–H and O–H groups in total. The van der Waals surface area contributed by atoms with E-state index in [0.29, 0.717) is 5.56 Å². The summed E-state index contributed by atoms with van der Waals surface area (Å²) in [6.07, 6.45) is 3.82. The molecule has 1 aliphatic rings. The van der Waals surface area contributed by atoms with Crippen LogP contribution in [0.15, 0.2) is 35.1 Å². The number of fused-ring (bicyclic) bond motifs is 1. The average molecular weight is 303 g/mol. The zero-order valence-corrected chi connectivity index (χ0v) is 11.3. The van der Waals surface area contributed by atoms with Crippen molar-refractivity contribution in [1.29, 1.82) is 5.26 Å². The van der Waals surface area contributed by atoms with Crippen molar-refractivity contribution < 1.29 is 0 Å². The van der Waals surface area contributed by atoms with Gasteiger partial charge in [-0.1, -0.05) is 6.07 Å². The van der Waals surface area contributed by atoms with Crippen LogP contribution in [0.5, 0.6) is 0 Å². The highest BCUT2D eigenvalue weighted by atomic mass is 79.9. The molecular weight excluding hydrogens is 292 g/mol. The largest absolute Gasteiger partial charge is 0.361 e. The van der Waals surface area contributed by atoms with Crippen LogP contribution in [0, 0.1) is 11.3 Å². The third kappa shape index (κ3) is 1.79. The summed E-state index contributed by atoms with van der Waals surface area (Å²) in [5.41, 5.74) is 1.67. The maximum atomic E-state index is 9.26. The fourth-order valence-corrected chi connectivity index (χ4v) is 2.71. The van der Waals surface area contributed by atoms with Gasteiger partial charge in [0.2, 0.25) is 0 Å². The number of nitrogens with zero attached hydrogens (tertiary/aromatic N) is 4. The molecule has 1 aromatic heterocycles. The Labute approximate surface area is 114 Å². The summed E-state index contributed by atoms with van der Waals surface area (Å²) >= 11 is 3.43. The van der Waals surface area contributed by atoms with E-state index in [0.717, 1.165) is 35.6 Å². The maximum Gasteiger partial charge on any atom is 0.128 e. The number of hydrogen-bond acceptors (Lipinski definition) is 3. The van der Waals surface area contributed by atoms with Gasteiger partial charge in [-0.15, -0.1) is 0 Å². The summed E-state index contributed by atoms with van der Waals surface area (Å²) in [4.78, 5) is 6.54. The molecule has 1 aliphatic heterocycles. The van der Waals surface area contributed by atoms with Gasteiger partial charge < -0.3 is 9.47 Å². The lowest BCUT2D eigenvalue weighted by molar-refractivity contribution is 0.560. The number of anilines is 1.